The van der Waals surface area contributed by atoms with Crippen LogP contribution >= 0.6 is 0 Å². The maximum atomic E-state index is 13.0. The van der Waals surface area contributed by atoms with Gasteiger partial charge in [0.1, 0.15) is 5.56 Å². The molecule has 2 fully saturated rings. The molecule has 2 aromatic rings. The Hall–Kier alpha value is -3.11. The Morgan fingerprint density at radius 2 is 1.81 bits per heavy atom. The van der Waals surface area contributed by atoms with Crippen LogP contribution in [-0.4, -0.2) is 84.2 Å². The van der Waals surface area contributed by atoms with Crippen molar-refractivity contribution < 1.29 is 4.79 Å². The zero-order valence-electron chi connectivity index (χ0n) is 22.0. The van der Waals surface area contributed by atoms with Crippen molar-refractivity contribution in [2.24, 2.45) is 5.73 Å². The van der Waals surface area contributed by atoms with E-state index in [1.54, 1.807) is 0 Å². The fraction of sp³-hybridized carbons (Fsp3) is 0.577. The summed E-state index contributed by atoms with van der Waals surface area (Å²) < 4.78 is 1.43. The van der Waals surface area contributed by atoms with Crippen molar-refractivity contribution in [2.75, 3.05) is 68.4 Å². The first kappa shape index (κ1) is 26.0. The highest BCUT2D eigenvalue weighted by molar-refractivity contribution is 5.98. The standard InChI is InChI=1S/C26H40N8O2/c1-5-28-26-30-24(22(23(27)35)25(36)34(26)6-2)29-19-7-8-21(18(3)17-19)33-11-9-20(10-12-33)32-15-13-31(4)14-16-32/h7-8,17,20,29H,5-6,9-16H2,1-4H3,(H2,27,35)(H,28,30). The summed E-state index contributed by atoms with van der Waals surface area (Å²) in [6.45, 7) is 13.6. The molecule has 10 nitrogen and oxygen atoms in total. The molecule has 0 radical (unpaired) electrons. The van der Waals surface area contributed by atoms with Crippen LogP contribution in [-0.2, 0) is 6.54 Å². The van der Waals surface area contributed by atoms with Gasteiger partial charge in [0.2, 0.25) is 5.95 Å². The van der Waals surface area contributed by atoms with E-state index in [2.05, 4.69) is 50.4 Å². The molecule has 2 aliphatic heterocycles. The number of aromatic nitrogens is 2. The number of nitrogens with one attached hydrogen (secondary N) is 2. The number of rotatable bonds is 8. The first-order valence-corrected chi connectivity index (χ1v) is 13.1. The average Bonchev–Trinajstić information content (AvgIpc) is 2.85. The fourth-order valence-corrected chi connectivity index (χ4v) is 5.34. The van der Waals surface area contributed by atoms with Crippen molar-refractivity contribution in [1.82, 2.24) is 19.4 Å². The number of nitrogens with two attached hydrogens (primary N) is 1. The van der Waals surface area contributed by atoms with Gasteiger partial charge in [-0.15, -0.1) is 0 Å². The molecule has 0 unspecified atom stereocenters. The molecule has 4 rings (SSSR count). The largest absolute Gasteiger partial charge is 0.371 e. The summed E-state index contributed by atoms with van der Waals surface area (Å²) >= 11 is 0. The number of aryl methyl sites for hydroxylation is 1. The monoisotopic (exact) mass is 496 g/mol. The maximum Gasteiger partial charge on any atom is 0.269 e. The second-order valence-corrected chi connectivity index (χ2v) is 9.79. The molecular formula is C26H40N8O2. The van der Waals surface area contributed by atoms with E-state index in [9.17, 15) is 9.59 Å². The quantitative estimate of drug-likeness (QED) is 0.509. The van der Waals surface area contributed by atoms with Crippen LogP contribution < -0.4 is 26.8 Å². The second-order valence-electron chi connectivity index (χ2n) is 9.79. The Bertz CT molecular complexity index is 1130. The lowest BCUT2D eigenvalue weighted by Crippen LogP contribution is -2.52. The number of piperidine rings is 1. The van der Waals surface area contributed by atoms with E-state index in [4.69, 9.17) is 5.73 Å². The summed E-state index contributed by atoms with van der Waals surface area (Å²) in [5, 5.41) is 6.28. The zero-order chi connectivity index (χ0) is 25.8. The predicted octanol–water partition coefficient (Wildman–Crippen LogP) is 2.06. The molecule has 1 aromatic carbocycles. The van der Waals surface area contributed by atoms with Gasteiger partial charge in [-0.2, -0.15) is 4.98 Å². The van der Waals surface area contributed by atoms with Gasteiger partial charge in [-0.25, -0.2) is 0 Å². The molecule has 1 amide bonds. The fourth-order valence-electron chi connectivity index (χ4n) is 5.34. The first-order chi connectivity index (χ1) is 17.3. The third-order valence-electron chi connectivity index (χ3n) is 7.39. The third kappa shape index (κ3) is 5.49. The number of anilines is 4. The predicted molar refractivity (Wildman–Crippen MR) is 146 cm³/mol. The normalized spacial score (nSPS) is 17.8. The highest BCUT2D eigenvalue weighted by Gasteiger charge is 2.27. The number of benzene rings is 1. The molecule has 4 N–H and O–H groups in total. The van der Waals surface area contributed by atoms with Crippen molar-refractivity contribution in [3.05, 3.63) is 39.7 Å². The smallest absolute Gasteiger partial charge is 0.269 e. The van der Waals surface area contributed by atoms with Crippen LogP contribution in [0.3, 0.4) is 0 Å². The number of amides is 1. The van der Waals surface area contributed by atoms with Gasteiger partial charge in [-0.1, -0.05) is 0 Å². The first-order valence-electron chi connectivity index (χ1n) is 13.1. The van der Waals surface area contributed by atoms with E-state index in [0.717, 1.165) is 37.4 Å². The van der Waals surface area contributed by atoms with E-state index in [1.807, 2.05) is 26.0 Å². The maximum absolute atomic E-state index is 13.0. The Kier molecular flexibility index (Phi) is 8.15. The van der Waals surface area contributed by atoms with Crippen molar-refractivity contribution in [3.8, 4) is 0 Å². The van der Waals surface area contributed by atoms with Gasteiger partial charge in [0, 0.05) is 69.8 Å². The molecule has 36 heavy (non-hydrogen) atoms. The van der Waals surface area contributed by atoms with Crippen LogP contribution in [0.5, 0.6) is 0 Å². The van der Waals surface area contributed by atoms with Crippen LogP contribution in [0.2, 0.25) is 0 Å². The molecule has 0 aliphatic carbocycles. The summed E-state index contributed by atoms with van der Waals surface area (Å²) in [5.41, 5.74) is 8.10. The van der Waals surface area contributed by atoms with Gasteiger partial charge in [0.05, 0.1) is 0 Å². The Morgan fingerprint density at radius 1 is 1.11 bits per heavy atom. The summed E-state index contributed by atoms with van der Waals surface area (Å²) in [5.74, 6) is -0.209. The number of hydrogen-bond donors (Lipinski definition) is 3. The van der Waals surface area contributed by atoms with Crippen LogP contribution in [0.4, 0.5) is 23.1 Å². The molecule has 3 heterocycles. The minimum absolute atomic E-state index is 0.133. The van der Waals surface area contributed by atoms with Gasteiger partial charge in [0.15, 0.2) is 5.82 Å². The summed E-state index contributed by atoms with van der Waals surface area (Å²) in [6, 6.07) is 6.79. The van der Waals surface area contributed by atoms with E-state index < -0.39 is 11.5 Å². The van der Waals surface area contributed by atoms with Crippen molar-refractivity contribution >= 4 is 29.0 Å². The van der Waals surface area contributed by atoms with Crippen LogP contribution in [0, 0.1) is 6.92 Å². The molecule has 0 atom stereocenters. The lowest BCUT2D eigenvalue weighted by Gasteiger charge is -2.43. The Morgan fingerprint density at radius 3 is 2.39 bits per heavy atom. The lowest BCUT2D eigenvalue weighted by atomic mass is 10.0. The van der Waals surface area contributed by atoms with E-state index in [-0.39, 0.29) is 11.4 Å². The number of piperazine rings is 1. The number of carbonyl (C=O) groups excluding carboxylic acids is 1. The lowest BCUT2D eigenvalue weighted by molar-refractivity contribution is 0.0982. The molecular weight excluding hydrogens is 456 g/mol. The summed E-state index contributed by atoms with van der Waals surface area (Å²) in [6.07, 6.45) is 2.35. The van der Waals surface area contributed by atoms with Crippen LogP contribution in [0.1, 0.15) is 42.6 Å². The Balaban J connectivity index is 1.49. The number of likely N-dealkylation sites (N-methyl/N-ethyl adjacent to an activating group) is 1. The number of nitrogens with zero attached hydrogens (tertiary/aromatic N) is 5. The van der Waals surface area contributed by atoms with Gasteiger partial charge in [0.25, 0.3) is 11.5 Å². The van der Waals surface area contributed by atoms with E-state index >= 15 is 0 Å². The Labute approximate surface area is 213 Å². The second kappa shape index (κ2) is 11.3. The number of primary amides is 1. The minimum Gasteiger partial charge on any atom is -0.371 e. The SMILES string of the molecule is CCNc1nc(Nc2ccc(N3CCC(N4CCN(C)CC4)CC3)c(C)c2)c(C(N)=O)c(=O)n1CC. The third-order valence-corrected chi connectivity index (χ3v) is 7.39. The topological polar surface area (TPSA) is 112 Å². The molecule has 0 spiro atoms. The number of hydrogen-bond acceptors (Lipinski definition) is 8. The van der Waals surface area contributed by atoms with Crippen molar-refractivity contribution in [1.29, 1.82) is 0 Å². The molecule has 10 heteroatoms. The summed E-state index contributed by atoms with van der Waals surface area (Å²) in [4.78, 5) is 37.2. The molecule has 0 saturated carbocycles. The molecule has 0 bridgehead atoms. The highest BCUT2D eigenvalue weighted by Crippen LogP contribution is 2.29. The highest BCUT2D eigenvalue weighted by atomic mass is 16.2. The van der Waals surface area contributed by atoms with Crippen LogP contribution in [0.25, 0.3) is 0 Å². The van der Waals surface area contributed by atoms with Gasteiger partial charge >= 0.3 is 0 Å². The molecule has 2 aliphatic rings. The zero-order valence-corrected chi connectivity index (χ0v) is 22.0. The molecule has 196 valence electrons. The van der Waals surface area contributed by atoms with Crippen molar-refractivity contribution in [3.63, 3.8) is 0 Å². The minimum atomic E-state index is -0.795. The van der Waals surface area contributed by atoms with Gasteiger partial charge < -0.3 is 26.2 Å². The van der Waals surface area contributed by atoms with Gasteiger partial charge in [-0.3, -0.25) is 19.1 Å². The average molecular weight is 497 g/mol. The number of carbonyl (C=O) groups is 1. The summed E-state index contributed by atoms with van der Waals surface area (Å²) in [7, 11) is 2.20. The molecule has 2 saturated heterocycles. The molecule has 1 aromatic heterocycles. The van der Waals surface area contributed by atoms with E-state index in [0.29, 0.717) is 25.1 Å². The van der Waals surface area contributed by atoms with Crippen LogP contribution in [0.15, 0.2) is 23.0 Å². The van der Waals surface area contributed by atoms with Crippen molar-refractivity contribution in [2.45, 2.75) is 46.2 Å². The van der Waals surface area contributed by atoms with E-state index in [1.165, 1.54) is 36.2 Å². The van der Waals surface area contributed by atoms with Gasteiger partial charge in [-0.05, 0) is 64.4 Å².